The van der Waals surface area contributed by atoms with E-state index in [1.807, 2.05) is 38.1 Å². The Labute approximate surface area is 199 Å². The van der Waals surface area contributed by atoms with Gasteiger partial charge in [-0.3, -0.25) is 13.9 Å². The average molecular weight is 496 g/mol. The highest BCUT2D eigenvalue weighted by Gasteiger charge is 2.28. The molecule has 2 amide bonds. The van der Waals surface area contributed by atoms with Crippen molar-refractivity contribution in [3.63, 3.8) is 0 Å². The van der Waals surface area contributed by atoms with E-state index in [2.05, 4.69) is 5.32 Å². The minimum Gasteiger partial charge on any atom is -0.357 e. The number of hydrogen-bond acceptors (Lipinski definition) is 4. The van der Waals surface area contributed by atoms with Gasteiger partial charge in [0.2, 0.25) is 21.8 Å². The first kappa shape index (κ1) is 27.2. The number of amides is 2. The molecule has 2 aromatic rings. The van der Waals surface area contributed by atoms with Gasteiger partial charge in [0.15, 0.2) is 11.6 Å². The minimum atomic E-state index is -3.80. The third kappa shape index (κ3) is 6.99. The van der Waals surface area contributed by atoms with Crippen LogP contribution in [-0.2, 0) is 26.2 Å². The molecule has 0 saturated heterocycles. The number of likely N-dealkylation sites (N-methyl/N-ethyl adjacent to an activating group) is 1. The summed E-state index contributed by atoms with van der Waals surface area (Å²) in [7, 11) is -2.30. The fraction of sp³-hybridized carbons (Fsp3) is 0.417. The maximum Gasteiger partial charge on any atom is 0.242 e. The van der Waals surface area contributed by atoms with Crippen molar-refractivity contribution in [3.05, 3.63) is 65.2 Å². The molecule has 0 saturated carbocycles. The van der Waals surface area contributed by atoms with E-state index < -0.39 is 27.7 Å². The van der Waals surface area contributed by atoms with Gasteiger partial charge in [0.05, 0.1) is 11.9 Å². The Morgan fingerprint density at radius 2 is 1.76 bits per heavy atom. The van der Waals surface area contributed by atoms with Gasteiger partial charge in [-0.25, -0.2) is 17.2 Å². The van der Waals surface area contributed by atoms with Crippen molar-refractivity contribution < 1.29 is 26.8 Å². The molecule has 0 heterocycles. The van der Waals surface area contributed by atoms with Crippen LogP contribution in [0.2, 0.25) is 0 Å². The van der Waals surface area contributed by atoms with Crippen molar-refractivity contribution in [2.75, 3.05) is 24.2 Å². The number of aryl methyl sites for hydroxylation is 1. The van der Waals surface area contributed by atoms with Gasteiger partial charge in [-0.05, 0) is 43.0 Å². The van der Waals surface area contributed by atoms with Crippen LogP contribution < -0.4 is 9.62 Å². The van der Waals surface area contributed by atoms with Gasteiger partial charge in [-0.2, -0.15) is 0 Å². The molecular formula is C24H31F2N3O4S. The zero-order chi connectivity index (χ0) is 25.5. The number of benzene rings is 2. The molecule has 2 aromatic carbocycles. The fourth-order valence-corrected chi connectivity index (χ4v) is 4.66. The summed E-state index contributed by atoms with van der Waals surface area (Å²) in [4.78, 5) is 27.2. The summed E-state index contributed by atoms with van der Waals surface area (Å²) >= 11 is 0. The second-order valence-electron chi connectivity index (χ2n) is 8.02. The molecule has 0 fully saturated rings. The van der Waals surface area contributed by atoms with E-state index in [1.165, 1.54) is 18.0 Å². The predicted octanol–water partition coefficient (Wildman–Crippen LogP) is 3.37. The van der Waals surface area contributed by atoms with Crippen molar-refractivity contribution in [2.24, 2.45) is 0 Å². The number of anilines is 1. The van der Waals surface area contributed by atoms with Crippen LogP contribution in [0.1, 0.15) is 37.3 Å². The number of carbonyl (C=O) groups is 2. The SMILES string of the molecule is CCC(C(=O)NC)N(Cc1ccccc1C)C(=O)CCCN(c1ccc(F)c(F)c1)S(C)(=O)=O. The second kappa shape index (κ2) is 11.9. The van der Waals surface area contributed by atoms with Crippen molar-refractivity contribution in [1.82, 2.24) is 10.2 Å². The zero-order valence-electron chi connectivity index (χ0n) is 19.8. The smallest absolute Gasteiger partial charge is 0.242 e. The summed E-state index contributed by atoms with van der Waals surface area (Å²) in [5.74, 6) is -2.84. The van der Waals surface area contributed by atoms with Crippen LogP contribution in [0.3, 0.4) is 0 Å². The lowest BCUT2D eigenvalue weighted by molar-refractivity contribution is -0.141. The van der Waals surface area contributed by atoms with E-state index in [0.717, 1.165) is 33.8 Å². The Morgan fingerprint density at radius 3 is 2.32 bits per heavy atom. The molecule has 0 bridgehead atoms. The summed E-state index contributed by atoms with van der Waals surface area (Å²) in [6.45, 7) is 3.86. The summed E-state index contributed by atoms with van der Waals surface area (Å²) in [5, 5.41) is 2.59. The number of nitrogens with one attached hydrogen (secondary N) is 1. The molecule has 34 heavy (non-hydrogen) atoms. The number of sulfonamides is 1. The van der Waals surface area contributed by atoms with Crippen molar-refractivity contribution in [1.29, 1.82) is 0 Å². The molecule has 2 rings (SSSR count). The molecule has 0 aromatic heterocycles. The molecule has 186 valence electrons. The highest BCUT2D eigenvalue weighted by atomic mass is 32.2. The Balaban J connectivity index is 2.21. The lowest BCUT2D eigenvalue weighted by Gasteiger charge is -2.31. The lowest BCUT2D eigenvalue weighted by Crippen LogP contribution is -2.48. The van der Waals surface area contributed by atoms with Crippen LogP contribution in [0.25, 0.3) is 0 Å². The molecule has 10 heteroatoms. The Bertz CT molecular complexity index is 1120. The number of nitrogens with zero attached hydrogens (tertiary/aromatic N) is 2. The van der Waals surface area contributed by atoms with Crippen LogP contribution >= 0.6 is 0 Å². The third-order valence-electron chi connectivity index (χ3n) is 5.58. The topological polar surface area (TPSA) is 86.8 Å². The van der Waals surface area contributed by atoms with E-state index in [-0.39, 0.29) is 43.4 Å². The van der Waals surface area contributed by atoms with Gasteiger partial charge < -0.3 is 10.2 Å². The molecule has 0 radical (unpaired) electrons. The predicted molar refractivity (Wildman–Crippen MR) is 128 cm³/mol. The summed E-state index contributed by atoms with van der Waals surface area (Å²) in [6.07, 6.45) is 1.45. The molecule has 0 aliphatic carbocycles. The molecule has 0 aliphatic rings. The lowest BCUT2D eigenvalue weighted by atomic mass is 10.1. The second-order valence-corrected chi connectivity index (χ2v) is 9.93. The minimum absolute atomic E-state index is 0.0255. The van der Waals surface area contributed by atoms with E-state index in [4.69, 9.17) is 0 Å². The normalized spacial score (nSPS) is 12.2. The monoisotopic (exact) mass is 495 g/mol. The van der Waals surface area contributed by atoms with Gasteiger partial charge in [-0.1, -0.05) is 31.2 Å². The first-order valence-electron chi connectivity index (χ1n) is 11.0. The Morgan fingerprint density at radius 1 is 1.09 bits per heavy atom. The average Bonchev–Trinajstić information content (AvgIpc) is 2.78. The Kier molecular flexibility index (Phi) is 9.55. The number of carbonyl (C=O) groups excluding carboxylic acids is 2. The fourth-order valence-electron chi connectivity index (χ4n) is 3.70. The van der Waals surface area contributed by atoms with Crippen LogP contribution in [0.15, 0.2) is 42.5 Å². The van der Waals surface area contributed by atoms with E-state index in [0.29, 0.717) is 6.42 Å². The van der Waals surface area contributed by atoms with Crippen LogP contribution in [0.4, 0.5) is 14.5 Å². The van der Waals surface area contributed by atoms with Gasteiger partial charge >= 0.3 is 0 Å². The largest absolute Gasteiger partial charge is 0.357 e. The van der Waals surface area contributed by atoms with E-state index >= 15 is 0 Å². The molecule has 1 N–H and O–H groups in total. The first-order valence-corrected chi connectivity index (χ1v) is 12.8. The number of halogens is 2. The Hall–Kier alpha value is -3.01. The van der Waals surface area contributed by atoms with E-state index in [9.17, 15) is 26.8 Å². The molecular weight excluding hydrogens is 464 g/mol. The van der Waals surface area contributed by atoms with Gasteiger partial charge in [0.25, 0.3) is 0 Å². The van der Waals surface area contributed by atoms with Crippen molar-refractivity contribution >= 4 is 27.5 Å². The molecule has 7 nitrogen and oxygen atoms in total. The maximum atomic E-state index is 13.7. The van der Waals surface area contributed by atoms with Crippen molar-refractivity contribution in [3.8, 4) is 0 Å². The van der Waals surface area contributed by atoms with E-state index in [1.54, 1.807) is 0 Å². The maximum absolute atomic E-state index is 13.7. The summed E-state index contributed by atoms with van der Waals surface area (Å²) < 4.78 is 52.4. The first-order chi connectivity index (χ1) is 16.0. The molecule has 0 spiro atoms. The standard InChI is InChI=1S/C24H31F2N3O4S/c1-5-22(24(31)27-3)28(16-18-10-7-6-9-17(18)2)23(30)11-8-14-29(34(4,32)33)19-12-13-20(25)21(26)15-19/h6-7,9-10,12-13,15,22H,5,8,11,14,16H2,1-4H3,(H,27,31). The molecule has 1 unspecified atom stereocenters. The quantitative estimate of drug-likeness (QED) is 0.518. The highest BCUT2D eigenvalue weighted by molar-refractivity contribution is 7.92. The zero-order valence-corrected chi connectivity index (χ0v) is 20.7. The summed E-state index contributed by atoms with van der Waals surface area (Å²) in [5.41, 5.74) is 1.86. The van der Waals surface area contributed by atoms with Crippen LogP contribution in [0.5, 0.6) is 0 Å². The van der Waals surface area contributed by atoms with Gasteiger partial charge in [0, 0.05) is 32.6 Å². The van der Waals surface area contributed by atoms with Gasteiger partial charge in [0.1, 0.15) is 6.04 Å². The highest BCUT2D eigenvalue weighted by Crippen LogP contribution is 2.22. The summed E-state index contributed by atoms with van der Waals surface area (Å²) in [6, 6.07) is 9.70. The van der Waals surface area contributed by atoms with Gasteiger partial charge in [-0.15, -0.1) is 0 Å². The number of hydrogen-bond donors (Lipinski definition) is 1. The van der Waals surface area contributed by atoms with Crippen molar-refractivity contribution in [2.45, 2.75) is 45.7 Å². The van der Waals surface area contributed by atoms with Crippen LogP contribution in [0, 0.1) is 18.6 Å². The van der Waals surface area contributed by atoms with Crippen LogP contribution in [-0.4, -0.2) is 51.0 Å². The molecule has 0 aliphatic heterocycles. The molecule has 1 atom stereocenters. The number of rotatable bonds is 11. The third-order valence-corrected chi connectivity index (χ3v) is 6.77.